The van der Waals surface area contributed by atoms with Crippen molar-refractivity contribution < 1.29 is 4.57 Å². The van der Waals surface area contributed by atoms with E-state index in [4.69, 9.17) is 15.0 Å². The summed E-state index contributed by atoms with van der Waals surface area (Å²) < 4.78 is 19.4. The SMILES string of the molecule is O=P(c1ccccc1)(c1ccccc1)c1ccc2c(n1)nc(-c1nc3ccccc3n1-c1ccccc1)n2-c1ccccc1. The van der Waals surface area contributed by atoms with E-state index in [0.29, 0.717) is 22.7 Å². The lowest BCUT2D eigenvalue weighted by Crippen LogP contribution is -2.27. The van der Waals surface area contributed by atoms with E-state index in [-0.39, 0.29) is 0 Å². The van der Waals surface area contributed by atoms with Gasteiger partial charge in [-0.25, -0.2) is 15.0 Å². The van der Waals surface area contributed by atoms with Crippen molar-refractivity contribution in [1.82, 2.24) is 24.1 Å². The summed E-state index contributed by atoms with van der Waals surface area (Å²) in [5, 5.41) is 1.46. The van der Waals surface area contributed by atoms with Gasteiger partial charge in [0.1, 0.15) is 5.44 Å². The largest absolute Gasteiger partial charge is 0.307 e. The normalized spacial score (nSPS) is 11.7. The van der Waals surface area contributed by atoms with Gasteiger partial charge in [-0.1, -0.05) is 109 Å². The quantitative estimate of drug-likeness (QED) is 0.195. The average molecular weight is 588 g/mol. The zero-order chi connectivity index (χ0) is 29.5. The fraction of sp³-hybridized carbons (Fsp3) is 0. The number of imidazole rings is 2. The number of fused-ring (bicyclic) bond motifs is 2. The fourth-order valence-electron chi connectivity index (χ4n) is 5.82. The highest BCUT2D eigenvalue weighted by atomic mass is 31.2. The van der Waals surface area contributed by atoms with E-state index in [0.717, 1.165) is 38.5 Å². The van der Waals surface area contributed by atoms with Crippen LogP contribution >= 0.6 is 7.14 Å². The number of hydrogen-bond donors (Lipinski definition) is 0. The van der Waals surface area contributed by atoms with Crippen LogP contribution in [0.15, 0.2) is 158 Å². The molecule has 0 saturated carbocycles. The molecular formula is C37H26N5OP. The Morgan fingerprint density at radius 2 is 0.909 bits per heavy atom. The molecule has 7 heteroatoms. The van der Waals surface area contributed by atoms with Crippen molar-refractivity contribution in [2.45, 2.75) is 0 Å². The van der Waals surface area contributed by atoms with Gasteiger partial charge >= 0.3 is 0 Å². The van der Waals surface area contributed by atoms with Gasteiger partial charge in [-0.3, -0.25) is 9.13 Å². The van der Waals surface area contributed by atoms with Crippen LogP contribution in [0.25, 0.3) is 45.2 Å². The first-order chi connectivity index (χ1) is 21.7. The van der Waals surface area contributed by atoms with Gasteiger partial charge in [0, 0.05) is 22.0 Å². The molecule has 5 aromatic carbocycles. The van der Waals surface area contributed by atoms with Crippen LogP contribution in [-0.4, -0.2) is 24.1 Å². The number of para-hydroxylation sites is 4. The third-order valence-electron chi connectivity index (χ3n) is 7.86. The Balaban J connectivity index is 1.42. The number of nitrogens with zero attached hydrogens (tertiary/aromatic N) is 5. The molecule has 3 aromatic heterocycles. The number of benzene rings is 5. The van der Waals surface area contributed by atoms with Crippen LogP contribution in [0.1, 0.15) is 0 Å². The van der Waals surface area contributed by atoms with Gasteiger partial charge in [0.2, 0.25) is 0 Å². The maximum Gasteiger partial charge on any atom is 0.188 e. The van der Waals surface area contributed by atoms with Crippen LogP contribution in [-0.2, 0) is 4.57 Å². The highest BCUT2D eigenvalue weighted by Gasteiger charge is 2.32. The molecule has 44 heavy (non-hydrogen) atoms. The fourth-order valence-corrected chi connectivity index (χ4v) is 8.35. The van der Waals surface area contributed by atoms with E-state index in [1.165, 1.54) is 0 Å². The monoisotopic (exact) mass is 587 g/mol. The molecule has 0 amide bonds. The minimum atomic E-state index is -3.29. The van der Waals surface area contributed by atoms with Gasteiger partial charge in [-0.05, 0) is 48.5 Å². The van der Waals surface area contributed by atoms with Gasteiger partial charge < -0.3 is 4.57 Å². The average Bonchev–Trinajstić information content (AvgIpc) is 3.68. The molecule has 0 aliphatic heterocycles. The Hall–Kier alpha value is -5.58. The van der Waals surface area contributed by atoms with E-state index >= 15 is 4.57 Å². The highest BCUT2D eigenvalue weighted by molar-refractivity contribution is 7.85. The highest BCUT2D eigenvalue weighted by Crippen LogP contribution is 2.42. The molecule has 3 heterocycles. The topological polar surface area (TPSA) is 65.6 Å². The van der Waals surface area contributed by atoms with Gasteiger partial charge in [-0.2, -0.15) is 0 Å². The van der Waals surface area contributed by atoms with Crippen molar-refractivity contribution in [3.8, 4) is 23.0 Å². The zero-order valence-electron chi connectivity index (χ0n) is 23.6. The molecule has 8 aromatic rings. The van der Waals surface area contributed by atoms with Gasteiger partial charge in [0.05, 0.1) is 16.6 Å². The van der Waals surface area contributed by atoms with Crippen molar-refractivity contribution >= 4 is 45.4 Å². The molecule has 0 fully saturated rings. The standard InChI is InChI=1S/C37H26N5OP/c43-44(29-19-9-3-10-20-29,30-21-11-4-12-22-30)34-26-25-33-35(39-34)40-37(42(33)28-17-7-2-8-18-28)36-38-31-23-13-14-24-32(31)41(36)27-15-5-1-6-16-27/h1-26H. The van der Waals surface area contributed by atoms with Gasteiger partial charge in [-0.15, -0.1) is 0 Å². The maximum atomic E-state index is 15.1. The van der Waals surface area contributed by atoms with E-state index < -0.39 is 7.14 Å². The Morgan fingerprint density at radius 1 is 0.432 bits per heavy atom. The van der Waals surface area contributed by atoms with Gasteiger partial charge in [0.25, 0.3) is 0 Å². The first-order valence-electron chi connectivity index (χ1n) is 14.4. The minimum absolute atomic E-state index is 0.489. The second-order valence-electron chi connectivity index (χ2n) is 10.5. The molecule has 0 spiro atoms. The zero-order valence-corrected chi connectivity index (χ0v) is 24.5. The molecule has 0 bridgehead atoms. The maximum absolute atomic E-state index is 15.1. The first kappa shape index (κ1) is 26.1. The van der Waals surface area contributed by atoms with E-state index in [2.05, 4.69) is 27.3 Å². The number of pyridine rings is 1. The number of aromatic nitrogens is 5. The van der Waals surface area contributed by atoms with Crippen LogP contribution in [0.4, 0.5) is 0 Å². The number of rotatable bonds is 6. The summed E-state index contributed by atoms with van der Waals surface area (Å²) in [7, 11) is -3.29. The van der Waals surface area contributed by atoms with E-state index in [9.17, 15) is 0 Å². The third kappa shape index (κ3) is 4.19. The Bertz CT molecular complexity index is 2250. The second kappa shape index (κ2) is 10.6. The van der Waals surface area contributed by atoms with Crippen molar-refractivity contribution in [2.24, 2.45) is 0 Å². The lowest BCUT2D eigenvalue weighted by atomic mass is 10.2. The molecule has 0 atom stereocenters. The summed E-state index contributed by atoms with van der Waals surface area (Å²) in [5.41, 5.74) is 5.54. The lowest BCUT2D eigenvalue weighted by molar-refractivity contribution is 0.592. The van der Waals surface area contributed by atoms with E-state index in [1.54, 1.807) is 0 Å². The van der Waals surface area contributed by atoms with Crippen LogP contribution in [0.2, 0.25) is 0 Å². The smallest absolute Gasteiger partial charge is 0.188 e. The Labute approximate surface area is 254 Å². The van der Waals surface area contributed by atoms with Crippen molar-refractivity contribution in [1.29, 1.82) is 0 Å². The third-order valence-corrected chi connectivity index (χ3v) is 10.8. The molecule has 0 N–H and O–H groups in total. The van der Waals surface area contributed by atoms with Crippen molar-refractivity contribution in [3.05, 3.63) is 158 Å². The molecule has 0 unspecified atom stereocenters. The molecule has 8 rings (SSSR count). The predicted molar refractivity (Wildman–Crippen MR) is 178 cm³/mol. The Morgan fingerprint density at radius 3 is 1.50 bits per heavy atom. The summed E-state index contributed by atoms with van der Waals surface area (Å²) in [5.74, 6) is 1.33. The molecular weight excluding hydrogens is 561 g/mol. The lowest BCUT2D eigenvalue weighted by Gasteiger charge is -2.19. The summed E-state index contributed by atoms with van der Waals surface area (Å²) in [6.45, 7) is 0. The molecule has 0 aliphatic carbocycles. The van der Waals surface area contributed by atoms with Crippen LogP contribution in [0, 0.1) is 0 Å². The molecule has 210 valence electrons. The Kier molecular flexibility index (Phi) is 6.28. The van der Waals surface area contributed by atoms with Crippen LogP contribution in [0.3, 0.4) is 0 Å². The second-order valence-corrected chi connectivity index (χ2v) is 13.2. The minimum Gasteiger partial charge on any atom is -0.307 e. The van der Waals surface area contributed by atoms with Crippen LogP contribution in [0.5, 0.6) is 0 Å². The first-order valence-corrected chi connectivity index (χ1v) is 16.1. The van der Waals surface area contributed by atoms with Gasteiger partial charge in [0.15, 0.2) is 24.4 Å². The molecule has 0 aliphatic rings. The summed E-state index contributed by atoms with van der Waals surface area (Å²) >= 11 is 0. The summed E-state index contributed by atoms with van der Waals surface area (Å²) in [6, 6.07) is 51.4. The number of hydrogen-bond acceptors (Lipinski definition) is 4. The van der Waals surface area contributed by atoms with Crippen molar-refractivity contribution in [2.75, 3.05) is 0 Å². The van der Waals surface area contributed by atoms with Crippen LogP contribution < -0.4 is 16.0 Å². The summed E-state index contributed by atoms with van der Waals surface area (Å²) in [6.07, 6.45) is 0. The molecule has 0 saturated heterocycles. The predicted octanol–water partition coefficient (Wildman–Crippen LogP) is 7.07. The van der Waals surface area contributed by atoms with E-state index in [1.807, 2.05) is 140 Å². The molecule has 0 radical (unpaired) electrons. The molecule has 6 nitrogen and oxygen atoms in total. The van der Waals surface area contributed by atoms with Crippen molar-refractivity contribution in [3.63, 3.8) is 0 Å². The summed E-state index contributed by atoms with van der Waals surface area (Å²) in [4.78, 5) is 15.3.